The smallest absolute Gasteiger partial charge is 0.411 e. The number of carbonyl (C=O) groups is 1. The molecule has 69 valence electrons. The summed E-state index contributed by atoms with van der Waals surface area (Å²) in [5, 5.41) is 0. The Balaban J connectivity index is 2.64. The Kier molecular flexibility index (Phi) is 2.66. The summed E-state index contributed by atoms with van der Waals surface area (Å²) < 4.78 is 5.12. The first-order valence-corrected chi connectivity index (χ1v) is 4.13. The summed E-state index contributed by atoms with van der Waals surface area (Å²) in [6.45, 7) is 5.48. The number of hydrogen-bond acceptors (Lipinski definition) is 3. The third-order valence-electron chi connectivity index (χ3n) is 1.27. The molecule has 0 fully saturated rings. The van der Waals surface area contributed by atoms with E-state index in [0.717, 1.165) is 0 Å². The zero-order chi connectivity index (χ0) is 9.90. The lowest BCUT2D eigenvalue weighted by atomic mass is 10.2. The Morgan fingerprint density at radius 1 is 1.38 bits per heavy atom. The molecule has 3 heteroatoms. The van der Waals surface area contributed by atoms with Crippen LogP contribution >= 0.6 is 0 Å². The van der Waals surface area contributed by atoms with Crippen LogP contribution in [0.3, 0.4) is 0 Å². The first-order valence-electron chi connectivity index (χ1n) is 4.13. The van der Waals surface area contributed by atoms with E-state index < -0.39 is 5.60 Å². The van der Waals surface area contributed by atoms with E-state index in [1.807, 2.05) is 20.8 Å². The fourth-order valence-electron chi connectivity index (χ4n) is 0.814. The molecule has 0 aromatic heterocycles. The van der Waals surface area contributed by atoms with Gasteiger partial charge in [-0.05, 0) is 26.8 Å². The van der Waals surface area contributed by atoms with Gasteiger partial charge in [0.05, 0.1) is 4.99 Å². The van der Waals surface area contributed by atoms with Crippen LogP contribution in [0.1, 0.15) is 20.8 Å². The third kappa shape index (κ3) is 3.23. The fourth-order valence-corrected chi connectivity index (χ4v) is 0.814. The van der Waals surface area contributed by atoms with E-state index in [9.17, 15) is 4.79 Å². The standard InChI is InChI=1S/C10H13NO2/c1-10(2,3)13-9(12)8-6-4-5-7-11-8/h4-7H,1-3H3/q+1. The van der Waals surface area contributed by atoms with Crippen molar-refractivity contribution in [1.29, 1.82) is 0 Å². The number of esters is 1. The summed E-state index contributed by atoms with van der Waals surface area (Å²) in [7, 11) is 0. The van der Waals surface area contributed by atoms with E-state index in [-0.39, 0.29) is 5.97 Å². The third-order valence-corrected chi connectivity index (χ3v) is 1.27. The van der Waals surface area contributed by atoms with Crippen LogP contribution < -0.4 is 4.99 Å². The molecule has 0 aromatic carbocycles. The average molecular weight is 179 g/mol. The Labute approximate surface area is 77.8 Å². The monoisotopic (exact) mass is 179 g/mol. The number of ether oxygens (including phenoxy) is 1. The van der Waals surface area contributed by atoms with Gasteiger partial charge in [0, 0.05) is 12.2 Å². The van der Waals surface area contributed by atoms with Crippen molar-refractivity contribution in [1.82, 2.24) is 4.99 Å². The Hall–Kier alpha value is -1.38. The average Bonchev–Trinajstić information content (AvgIpc) is 2.03. The van der Waals surface area contributed by atoms with Gasteiger partial charge < -0.3 is 4.74 Å². The van der Waals surface area contributed by atoms with Crippen LogP contribution in [0.15, 0.2) is 24.4 Å². The van der Waals surface area contributed by atoms with Gasteiger partial charge in [-0.1, -0.05) is 0 Å². The maximum atomic E-state index is 11.4. The molecule has 0 amide bonds. The highest BCUT2D eigenvalue weighted by molar-refractivity contribution is 6.41. The van der Waals surface area contributed by atoms with E-state index in [1.54, 1.807) is 24.4 Å². The summed E-state index contributed by atoms with van der Waals surface area (Å²) in [5.41, 5.74) is -0.119. The highest BCUT2D eigenvalue weighted by atomic mass is 16.6. The van der Waals surface area contributed by atoms with Gasteiger partial charge in [0.25, 0.3) is 0 Å². The lowest BCUT2D eigenvalue weighted by molar-refractivity contribution is -0.146. The number of rotatable bonds is 1. The molecule has 0 unspecified atom stereocenters. The predicted octanol–water partition coefficient (Wildman–Crippen LogP) is 1.19. The molecule has 0 aliphatic carbocycles. The van der Waals surface area contributed by atoms with E-state index in [2.05, 4.69) is 4.99 Å². The quantitative estimate of drug-likeness (QED) is 0.567. The highest BCUT2D eigenvalue weighted by Crippen LogP contribution is 2.07. The van der Waals surface area contributed by atoms with Gasteiger partial charge in [-0.15, -0.1) is 0 Å². The minimum absolute atomic E-state index is 0.345. The van der Waals surface area contributed by atoms with Crippen LogP contribution in [-0.4, -0.2) is 17.3 Å². The molecule has 1 aliphatic heterocycles. The van der Waals surface area contributed by atoms with Crippen molar-refractivity contribution in [2.75, 3.05) is 0 Å². The largest absolute Gasteiger partial charge is 0.452 e. The topological polar surface area (TPSA) is 40.4 Å². The number of allylic oxidation sites excluding steroid dienone is 2. The first-order chi connectivity index (χ1) is 5.99. The fraction of sp³-hybridized carbons (Fsp3) is 0.400. The van der Waals surface area contributed by atoms with Crippen molar-refractivity contribution >= 4 is 11.7 Å². The van der Waals surface area contributed by atoms with Crippen molar-refractivity contribution in [3.8, 4) is 0 Å². The summed E-state index contributed by atoms with van der Waals surface area (Å²) in [5.74, 6) is -0.381. The number of nitrogens with zero attached hydrogens (tertiary/aromatic N) is 1. The van der Waals surface area contributed by atoms with Gasteiger partial charge in [0.15, 0.2) is 0 Å². The van der Waals surface area contributed by atoms with Gasteiger partial charge >= 0.3 is 11.7 Å². The van der Waals surface area contributed by atoms with Gasteiger partial charge in [-0.3, -0.25) is 0 Å². The Morgan fingerprint density at radius 2 is 2.08 bits per heavy atom. The maximum Gasteiger partial charge on any atom is 0.411 e. The molecule has 1 rings (SSSR count). The molecule has 0 spiro atoms. The van der Waals surface area contributed by atoms with Crippen LogP contribution in [0.4, 0.5) is 0 Å². The summed E-state index contributed by atoms with van der Waals surface area (Å²) in [6, 6.07) is 0. The van der Waals surface area contributed by atoms with Crippen LogP contribution in [-0.2, 0) is 9.53 Å². The van der Waals surface area contributed by atoms with Crippen LogP contribution in [0.2, 0.25) is 0 Å². The van der Waals surface area contributed by atoms with E-state index in [0.29, 0.717) is 5.71 Å². The van der Waals surface area contributed by atoms with Gasteiger partial charge in [0.2, 0.25) is 6.20 Å². The number of hydrogen-bond donors (Lipinski definition) is 0. The second-order valence-corrected chi connectivity index (χ2v) is 3.72. The normalized spacial score (nSPS) is 15.5. The highest BCUT2D eigenvalue weighted by Gasteiger charge is 2.26. The molecule has 3 nitrogen and oxygen atoms in total. The molecule has 13 heavy (non-hydrogen) atoms. The lowest BCUT2D eigenvalue weighted by Crippen LogP contribution is -2.30. The molecule has 0 saturated heterocycles. The molecular formula is C10H13NO2+. The maximum absolute atomic E-state index is 11.4. The molecule has 1 heterocycles. The summed E-state index contributed by atoms with van der Waals surface area (Å²) >= 11 is 0. The summed E-state index contributed by atoms with van der Waals surface area (Å²) in [6.07, 6.45) is 6.72. The molecule has 0 aromatic rings. The van der Waals surface area contributed by atoms with Crippen LogP contribution in [0.5, 0.6) is 0 Å². The van der Waals surface area contributed by atoms with E-state index >= 15 is 0 Å². The molecule has 1 radical (unpaired) electrons. The number of aliphatic imine (C=N–C) groups is 1. The first kappa shape index (κ1) is 9.71. The second kappa shape index (κ2) is 3.56. The molecule has 0 bridgehead atoms. The van der Waals surface area contributed by atoms with Crippen LogP contribution in [0.25, 0.3) is 0 Å². The molecule has 0 N–H and O–H groups in total. The minimum atomic E-state index is -0.464. The van der Waals surface area contributed by atoms with Crippen molar-refractivity contribution in [2.45, 2.75) is 26.4 Å². The summed E-state index contributed by atoms with van der Waals surface area (Å²) in [4.78, 5) is 15.3. The van der Waals surface area contributed by atoms with E-state index in [4.69, 9.17) is 4.74 Å². The molecule has 0 saturated carbocycles. The van der Waals surface area contributed by atoms with Gasteiger partial charge in [0.1, 0.15) is 5.60 Å². The zero-order valence-corrected chi connectivity index (χ0v) is 8.07. The van der Waals surface area contributed by atoms with Crippen molar-refractivity contribution in [3.63, 3.8) is 0 Å². The minimum Gasteiger partial charge on any atom is -0.452 e. The van der Waals surface area contributed by atoms with Crippen LogP contribution in [0, 0.1) is 0 Å². The van der Waals surface area contributed by atoms with Crippen molar-refractivity contribution in [2.24, 2.45) is 0 Å². The van der Waals surface area contributed by atoms with Gasteiger partial charge in [-0.25, -0.2) is 4.79 Å². The van der Waals surface area contributed by atoms with Crippen molar-refractivity contribution in [3.05, 3.63) is 24.4 Å². The van der Waals surface area contributed by atoms with E-state index in [1.165, 1.54) is 0 Å². The Bertz CT molecular complexity index is 293. The predicted molar refractivity (Wildman–Crippen MR) is 51.3 cm³/mol. The molecular weight excluding hydrogens is 166 g/mol. The zero-order valence-electron chi connectivity index (χ0n) is 8.07. The Morgan fingerprint density at radius 3 is 2.54 bits per heavy atom. The SMILES string of the molecule is CC(C)(C)OC(=O)C1=[N+]C=CC=C1. The van der Waals surface area contributed by atoms with Gasteiger partial charge in [-0.2, -0.15) is 0 Å². The van der Waals surface area contributed by atoms with Crippen molar-refractivity contribution < 1.29 is 9.53 Å². The molecule has 1 aliphatic rings. The lowest BCUT2D eigenvalue weighted by Gasteiger charge is -2.17. The number of carbonyl (C=O) groups excluding carboxylic acids is 1. The second-order valence-electron chi connectivity index (χ2n) is 3.72. The molecule has 0 atom stereocenters.